The minimum Gasteiger partial charge on any atom is -0.373 e. The molecule has 3 rings (SSSR count). The molecule has 0 fully saturated rings. The normalized spacial score (nSPS) is 10.8. The molecule has 6 nitrogen and oxygen atoms in total. The van der Waals surface area contributed by atoms with Crippen LogP contribution in [0.4, 0.5) is 11.6 Å². The number of aromatic nitrogens is 4. The van der Waals surface area contributed by atoms with Gasteiger partial charge in [-0.25, -0.2) is 15.0 Å². The predicted molar refractivity (Wildman–Crippen MR) is 84.4 cm³/mol. The van der Waals surface area contributed by atoms with Crippen LogP contribution in [0, 0.1) is 0 Å². The van der Waals surface area contributed by atoms with E-state index in [1.54, 1.807) is 12.5 Å². The zero-order valence-electron chi connectivity index (χ0n) is 12.1. The maximum Gasteiger partial charge on any atom is 0.143 e. The van der Waals surface area contributed by atoms with Gasteiger partial charge in [-0.1, -0.05) is 6.92 Å². The van der Waals surface area contributed by atoms with E-state index >= 15 is 0 Å². The number of nitrogens with one attached hydrogen (secondary N) is 3. The molecule has 0 saturated heterocycles. The van der Waals surface area contributed by atoms with Crippen LogP contribution in [0.3, 0.4) is 0 Å². The highest BCUT2D eigenvalue weighted by Crippen LogP contribution is 2.24. The molecule has 0 aliphatic rings. The Kier molecular flexibility index (Phi) is 3.68. The molecule has 3 heterocycles. The van der Waals surface area contributed by atoms with E-state index in [9.17, 15) is 0 Å². The summed E-state index contributed by atoms with van der Waals surface area (Å²) in [5.74, 6) is 1.72. The van der Waals surface area contributed by atoms with Crippen LogP contribution in [0.2, 0.25) is 0 Å². The molecule has 0 unspecified atom stereocenters. The van der Waals surface area contributed by atoms with Crippen molar-refractivity contribution in [3.63, 3.8) is 0 Å². The number of hydrogen-bond acceptors (Lipinski definition) is 5. The molecular formula is C15H18N6. The summed E-state index contributed by atoms with van der Waals surface area (Å²) in [6, 6.07) is 4.01. The van der Waals surface area contributed by atoms with Gasteiger partial charge in [0.25, 0.3) is 0 Å². The molecule has 108 valence electrons. The van der Waals surface area contributed by atoms with Crippen LogP contribution in [0.25, 0.3) is 11.0 Å². The lowest BCUT2D eigenvalue weighted by Crippen LogP contribution is -2.04. The van der Waals surface area contributed by atoms with Gasteiger partial charge in [0.15, 0.2) is 0 Å². The van der Waals surface area contributed by atoms with Gasteiger partial charge in [-0.05, 0) is 29.7 Å². The van der Waals surface area contributed by atoms with Gasteiger partial charge in [0.1, 0.15) is 23.6 Å². The Morgan fingerprint density at radius 1 is 1.24 bits per heavy atom. The molecule has 3 aromatic heterocycles. The van der Waals surface area contributed by atoms with Gasteiger partial charge in [0.2, 0.25) is 0 Å². The molecule has 0 saturated carbocycles. The smallest absolute Gasteiger partial charge is 0.143 e. The second-order valence-corrected chi connectivity index (χ2v) is 4.77. The van der Waals surface area contributed by atoms with Crippen molar-refractivity contribution < 1.29 is 0 Å². The van der Waals surface area contributed by atoms with Crippen molar-refractivity contribution in [3.8, 4) is 0 Å². The Bertz CT molecular complexity index is 749. The number of H-pyrrole nitrogens is 1. The topological polar surface area (TPSA) is 78.5 Å². The predicted octanol–water partition coefficient (Wildman–Crippen LogP) is 2.57. The average molecular weight is 282 g/mol. The van der Waals surface area contributed by atoms with Crippen molar-refractivity contribution in [1.82, 2.24) is 19.9 Å². The fourth-order valence-electron chi connectivity index (χ4n) is 2.35. The minimum absolute atomic E-state index is 0.692. The first-order valence-corrected chi connectivity index (χ1v) is 6.99. The fraction of sp³-hybridized carbons (Fsp3) is 0.267. The summed E-state index contributed by atoms with van der Waals surface area (Å²) in [6.07, 6.45) is 6.32. The lowest BCUT2D eigenvalue weighted by Gasteiger charge is -2.08. The average Bonchev–Trinajstić information content (AvgIpc) is 2.97. The van der Waals surface area contributed by atoms with Gasteiger partial charge < -0.3 is 15.6 Å². The van der Waals surface area contributed by atoms with Crippen LogP contribution < -0.4 is 10.6 Å². The van der Waals surface area contributed by atoms with Crippen molar-refractivity contribution in [1.29, 1.82) is 0 Å². The molecule has 0 spiro atoms. The van der Waals surface area contributed by atoms with Crippen molar-refractivity contribution in [2.24, 2.45) is 0 Å². The molecule has 21 heavy (non-hydrogen) atoms. The number of fused-ring (bicyclic) bond motifs is 1. The molecule has 3 aromatic rings. The van der Waals surface area contributed by atoms with Crippen LogP contribution in [-0.2, 0) is 13.0 Å². The van der Waals surface area contributed by atoms with E-state index in [0.717, 1.165) is 34.7 Å². The number of anilines is 2. The van der Waals surface area contributed by atoms with E-state index in [2.05, 4.69) is 37.5 Å². The maximum atomic E-state index is 4.37. The van der Waals surface area contributed by atoms with Gasteiger partial charge in [-0.2, -0.15) is 0 Å². The fourth-order valence-corrected chi connectivity index (χ4v) is 2.35. The molecule has 3 N–H and O–H groups in total. The quantitative estimate of drug-likeness (QED) is 0.670. The zero-order valence-corrected chi connectivity index (χ0v) is 12.1. The summed E-state index contributed by atoms with van der Waals surface area (Å²) in [5, 5.41) is 7.50. The summed E-state index contributed by atoms with van der Waals surface area (Å²) >= 11 is 0. The van der Waals surface area contributed by atoms with Gasteiger partial charge in [0.05, 0.1) is 5.39 Å². The largest absolute Gasteiger partial charge is 0.373 e. The number of nitrogens with zero attached hydrogens (tertiary/aromatic N) is 3. The van der Waals surface area contributed by atoms with E-state index in [1.807, 2.05) is 25.4 Å². The third-order valence-electron chi connectivity index (χ3n) is 3.47. The van der Waals surface area contributed by atoms with E-state index in [-0.39, 0.29) is 0 Å². The summed E-state index contributed by atoms with van der Waals surface area (Å²) in [5.41, 5.74) is 3.24. The van der Waals surface area contributed by atoms with Gasteiger partial charge in [-0.3, -0.25) is 0 Å². The Hall–Kier alpha value is -2.63. The molecule has 0 atom stereocenters. The summed E-state index contributed by atoms with van der Waals surface area (Å²) < 4.78 is 0. The number of aryl methyl sites for hydroxylation is 1. The SMILES string of the molecule is CCc1c[nH]c2ncnc(NCc3ccnc(NC)c3)c12. The first-order valence-electron chi connectivity index (χ1n) is 6.99. The minimum atomic E-state index is 0.692. The number of rotatable bonds is 5. The molecule has 6 heteroatoms. The van der Waals surface area contributed by atoms with Crippen molar-refractivity contribution >= 4 is 22.7 Å². The van der Waals surface area contributed by atoms with Crippen molar-refractivity contribution in [3.05, 3.63) is 42.0 Å². The van der Waals surface area contributed by atoms with Crippen LogP contribution in [0.1, 0.15) is 18.1 Å². The summed E-state index contributed by atoms with van der Waals surface area (Å²) in [7, 11) is 1.86. The molecule has 0 aliphatic carbocycles. The Morgan fingerprint density at radius 3 is 2.95 bits per heavy atom. The maximum absolute atomic E-state index is 4.37. The third kappa shape index (κ3) is 2.65. The Morgan fingerprint density at radius 2 is 2.14 bits per heavy atom. The lowest BCUT2D eigenvalue weighted by molar-refractivity contribution is 1.08. The number of hydrogen-bond donors (Lipinski definition) is 3. The summed E-state index contributed by atoms with van der Waals surface area (Å²) in [4.78, 5) is 16.0. The monoisotopic (exact) mass is 282 g/mol. The highest BCUT2D eigenvalue weighted by molar-refractivity contribution is 5.90. The second kappa shape index (κ2) is 5.78. The number of aromatic amines is 1. The highest BCUT2D eigenvalue weighted by atomic mass is 15.0. The molecule has 0 amide bonds. The number of pyridine rings is 1. The van der Waals surface area contributed by atoms with Crippen LogP contribution in [0.15, 0.2) is 30.9 Å². The molecule has 0 aromatic carbocycles. The van der Waals surface area contributed by atoms with E-state index in [1.165, 1.54) is 5.56 Å². The van der Waals surface area contributed by atoms with E-state index in [0.29, 0.717) is 6.54 Å². The molecular weight excluding hydrogens is 264 g/mol. The van der Waals surface area contributed by atoms with Crippen molar-refractivity contribution in [2.75, 3.05) is 17.7 Å². The molecule has 0 radical (unpaired) electrons. The van der Waals surface area contributed by atoms with Crippen LogP contribution in [-0.4, -0.2) is 27.0 Å². The third-order valence-corrected chi connectivity index (χ3v) is 3.47. The zero-order chi connectivity index (χ0) is 14.7. The van der Waals surface area contributed by atoms with Crippen LogP contribution >= 0.6 is 0 Å². The van der Waals surface area contributed by atoms with Gasteiger partial charge >= 0.3 is 0 Å². The first kappa shape index (κ1) is 13.4. The van der Waals surface area contributed by atoms with Gasteiger partial charge in [-0.15, -0.1) is 0 Å². The van der Waals surface area contributed by atoms with Gasteiger partial charge in [0, 0.05) is 26.0 Å². The van der Waals surface area contributed by atoms with E-state index in [4.69, 9.17) is 0 Å². The lowest BCUT2D eigenvalue weighted by atomic mass is 10.2. The molecule has 0 bridgehead atoms. The van der Waals surface area contributed by atoms with Crippen molar-refractivity contribution in [2.45, 2.75) is 19.9 Å². The Labute approximate surface area is 123 Å². The summed E-state index contributed by atoms with van der Waals surface area (Å²) in [6.45, 7) is 2.82. The highest BCUT2D eigenvalue weighted by Gasteiger charge is 2.09. The van der Waals surface area contributed by atoms with Crippen LogP contribution in [0.5, 0.6) is 0 Å². The standard InChI is InChI=1S/C15H18N6/c1-3-11-8-19-15-13(11)14(20-9-21-15)18-7-10-4-5-17-12(6-10)16-2/h4-6,8-9H,3,7H2,1-2H3,(H,16,17)(H2,18,19,20,21). The molecule has 0 aliphatic heterocycles. The first-order chi connectivity index (χ1) is 10.3. The second-order valence-electron chi connectivity index (χ2n) is 4.77. The van der Waals surface area contributed by atoms with E-state index < -0.39 is 0 Å². The Balaban J connectivity index is 1.86.